The molecular weight excluding hydrogens is 589 g/mol. The maximum absolute atomic E-state index is 2.45. The van der Waals surface area contributed by atoms with E-state index in [-0.39, 0.29) is 0 Å². The van der Waals surface area contributed by atoms with E-state index in [1.807, 2.05) is 0 Å². The van der Waals surface area contributed by atoms with E-state index in [9.17, 15) is 0 Å². The molecule has 0 nitrogen and oxygen atoms in total. The summed E-state index contributed by atoms with van der Waals surface area (Å²) in [6.45, 7) is 29.2. The van der Waals surface area contributed by atoms with E-state index >= 15 is 0 Å². The summed E-state index contributed by atoms with van der Waals surface area (Å²) >= 11 is 0. The number of benzene rings is 4. The lowest BCUT2D eigenvalue weighted by atomic mass is 9.78. The van der Waals surface area contributed by atoms with Gasteiger partial charge in [0.05, 0.1) is 24.2 Å². The van der Waals surface area contributed by atoms with Crippen LogP contribution in [0.25, 0.3) is 0 Å². The van der Waals surface area contributed by atoms with E-state index in [1.165, 1.54) is 16.7 Å². The van der Waals surface area contributed by atoms with Gasteiger partial charge in [-0.15, -0.1) is 0 Å². The van der Waals surface area contributed by atoms with Crippen LogP contribution in [0.5, 0.6) is 0 Å². The van der Waals surface area contributed by atoms with E-state index < -0.39 is 24.2 Å². The van der Waals surface area contributed by atoms with Crippen molar-refractivity contribution in [3.8, 4) is 0 Å². The van der Waals surface area contributed by atoms with Crippen molar-refractivity contribution >= 4 is 39.8 Å². The second-order valence-electron chi connectivity index (χ2n) is 16.3. The van der Waals surface area contributed by atoms with Crippen molar-refractivity contribution in [2.24, 2.45) is 0 Å². The maximum Gasteiger partial charge on any atom is 0.0775 e. The predicted molar refractivity (Wildman–Crippen MR) is 211 cm³/mol. The Balaban J connectivity index is 1.89. The third-order valence-corrected chi connectivity index (χ3v) is 16.0. The molecule has 0 aliphatic heterocycles. The lowest BCUT2D eigenvalue weighted by molar-refractivity contribution is 0.899. The average Bonchev–Trinajstić information content (AvgIpc) is 2.97. The van der Waals surface area contributed by atoms with Crippen LogP contribution in [0, 0.1) is 0 Å². The molecule has 0 aliphatic rings. The molecule has 0 radical (unpaired) electrons. The Hall–Kier alpha value is -2.47. The van der Waals surface area contributed by atoms with Crippen molar-refractivity contribution in [2.45, 2.75) is 118 Å². The predicted octanol–water partition coefficient (Wildman–Crippen LogP) is 9.78. The molecule has 4 aromatic rings. The standard InChI is InChI=1S/C42H60Si3/c1-13-37-40(28-31-16-22-34(23-17-31)43(4,5)6)38(14-2)42(30-33-20-26-36(27-21-33)45(10,11)12)39(15-3)41(37)29-32-18-24-35(25-19-32)44(7,8)9/h16-27H,13-15,28-30H2,1-12H3. The SMILES string of the molecule is CCc1c(Cc2ccc([Si](C)(C)C)cc2)c(CC)c(Cc2ccc([Si](C)(C)C)cc2)c(CC)c1Cc1ccc([Si](C)(C)C)cc1. The monoisotopic (exact) mass is 648 g/mol. The number of rotatable bonds is 12. The van der Waals surface area contributed by atoms with Gasteiger partial charge in [-0.05, 0) is 88.6 Å². The van der Waals surface area contributed by atoms with Gasteiger partial charge in [-0.1, -0.05) is 168 Å². The van der Waals surface area contributed by atoms with E-state index in [0.717, 1.165) is 38.5 Å². The lowest BCUT2D eigenvalue weighted by Gasteiger charge is -2.27. The summed E-state index contributed by atoms with van der Waals surface area (Å²) in [4.78, 5) is 0. The van der Waals surface area contributed by atoms with Crippen molar-refractivity contribution in [3.05, 3.63) is 123 Å². The quantitative estimate of drug-likeness (QED) is 0.134. The number of hydrogen-bond acceptors (Lipinski definition) is 0. The zero-order valence-corrected chi connectivity index (χ0v) is 33.7. The van der Waals surface area contributed by atoms with Crippen molar-refractivity contribution < 1.29 is 0 Å². The third kappa shape index (κ3) is 8.47. The van der Waals surface area contributed by atoms with Crippen LogP contribution in [-0.4, -0.2) is 24.2 Å². The van der Waals surface area contributed by atoms with Crippen LogP contribution in [0.1, 0.15) is 70.8 Å². The molecule has 4 rings (SSSR count). The van der Waals surface area contributed by atoms with Crippen LogP contribution in [0.2, 0.25) is 58.9 Å². The van der Waals surface area contributed by atoms with Crippen molar-refractivity contribution in [3.63, 3.8) is 0 Å². The molecule has 0 aromatic heterocycles. The van der Waals surface area contributed by atoms with Crippen molar-refractivity contribution in [1.29, 1.82) is 0 Å². The van der Waals surface area contributed by atoms with E-state index in [4.69, 9.17) is 0 Å². The van der Waals surface area contributed by atoms with Crippen molar-refractivity contribution in [2.75, 3.05) is 0 Å². The summed E-state index contributed by atoms with van der Waals surface area (Å²) < 4.78 is 0. The molecule has 0 bridgehead atoms. The Labute approximate surface area is 279 Å². The van der Waals surface area contributed by atoms with Gasteiger partial charge in [0.15, 0.2) is 0 Å². The minimum atomic E-state index is -1.33. The van der Waals surface area contributed by atoms with Gasteiger partial charge in [-0.2, -0.15) is 0 Å². The fraction of sp³-hybridized carbons (Fsp3) is 0.429. The molecule has 0 amide bonds. The van der Waals surface area contributed by atoms with Gasteiger partial charge in [0.1, 0.15) is 0 Å². The van der Waals surface area contributed by atoms with Gasteiger partial charge in [0.2, 0.25) is 0 Å². The molecule has 0 saturated carbocycles. The van der Waals surface area contributed by atoms with Gasteiger partial charge in [0, 0.05) is 0 Å². The van der Waals surface area contributed by atoms with Crippen LogP contribution < -0.4 is 15.6 Å². The lowest BCUT2D eigenvalue weighted by Crippen LogP contribution is -2.37. The van der Waals surface area contributed by atoms with Crippen molar-refractivity contribution in [1.82, 2.24) is 0 Å². The van der Waals surface area contributed by atoms with E-state index in [1.54, 1.807) is 48.9 Å². The van der Waals surface area contributed by atoms with Crippen LogP contribution in [0.3, 0.4) is 0 Å². The molecule has 0 fully saturated rings. The van der Waals surface area contributed by atoms with E-state index in [0.29, 0.717) is 0 Å². The average molecular weight is 649 g/mol. The molecule has 240 valence electrons. The highest BCUT2D eigenvalue weighted by molar-refractivity contribution is 6.89. The zero-order chi connectivity index (χ0) is 33.2. The normalized spacial score (nSPS) is 12.5. The second kappa shape index (κ2) is 14.1. The summed E-state index contributed by atoms with van der Waals surface area (Å²) in [5.41, 5.74) is 13.9. The largest absolute Gasteiger partial charge is 0.0775 e. The smallest absolute Gasteiger partial charge is 0.0656 e. The second-order valence-corrected chi connectivity index (χ2v) is 31.5. The summed E-state index contributed by atoms with van der Waals surface area (Å²) in [5.74, 6) is 0. The Morgan fingerprint density at radius 2 is 0.511 bits per heavy atom. The van der Waals surface area contributed by atoms with Crippen LogP contribution in [0.15, 0.2) is 72.8 Å². The molecule has 0 N–H and O–H groups in total. The fourth-order valence-corrected chi connectivity index (χ4v) is 10.5. The summed E-state index contributed by atoms with van der Waals surface area (Å²) in [6.07, 6.45) is 6.30. The highest BCUT2D eigenvalue weighted by Crippen LogP contribution is 2.35. The van der Waals surface area contributed by atoms with Crippen LogP contribution in [-0.2, 0) is 38.5 Å². The molecule has 4 aromatic carbocycles. The highest BCUT2D eigenvalue weighted by atomic mass is 28.3. The molecule has 0 saturated heterocycles. The van der Waals surface area contributed by atoms with Gasteiger partial charge < -0.3 is 0 Å². The summed E-state index contributed by atoms with van der Waals surface area (Å²) in [7, 11) is -3.98. The first-order valence-corrected chi connectivity index (χ1v) is 28.0. The van der Waals surface area contributed by atoms with Gasteiger partial charge in [-0.25, -0.2) is 0 Å². The zero-order valence-electron chi connectivity index (χ0n) is 30.7. The minimum absolute atomic E-state index is 1.02. The Morgan fingerprint density at radius 1 is 0.311 bits per heavy atom. The van der Waals surface area contributed by atoms with Gasteiger partial charge in [-0.3, -0.25) is 0 Å². The number of hydrogen-bond donors (Lipinski definition) is 0. The molecule has 0 aliphatic carbocycles. The minimum Gasteiger partial charge on any atom is -0.0656 e. The molecule has 3 heteroatoms. The Morgan fingerprint density at radius 3 is 0.667 bits per heavy atom. The molecule has 0 unspecified atom stereocenters. The molecule has 0 heterocycles. The fourth-order valence-electron chi connectivity index (χ4n) is 6.99. The first-order valence-electron chi connectivity index (χ1n) is 17.5. The van der Waals surface area contributed by atoms with Gasteiger partial charge >= 0.3 is 0 Å². The molecule has 45 heavy (non-hydrogen) atoms. The van der Waals surface area contributed by atoms with Gasteiger partial charge in [0.25, 0.3) is 0 Å². The first-order chi connectivity index (χ1) is 21.1. The summed E-state index contributed by atoms with van der Waals surface area (Å²) in [5, 5.41) is 4.64. The highest BCUT2D eigenvalue weighted by Gasteiger charge is 2.24. The van der Waals surface area contributed by atoms with Crippen LogP contribution in [0.4, 0.5) is 0 Å². The molecular formula is C42H60Si3. The topological polar surface area (TPSA) is 0 Å². The maximum atomic E-state index is 2.45. The Bertz CT molecular complexity index is 1360. The van der Waals surface area contributed by atoms with E-state index in [2.05, 4.69) is 152 Å². The summed E-state index contributed by atoms with van der Waals surface area (Å²) in [6, 6.07) is 29.0. The molecule has 0 spiro atoms. The van der Waals surface area contributed by atoms with Crippen LogP contribution >= 0.6 is 0 Å². The Kier molecular flexibility index (Phi) is 11.1. The third-order valence-electron chi connectivity index (χ3n) is 9.85. The first kappa shape index (κ1) is 35.4. The molecule has 0 atom stereocenters.